The Kier molecular flexibility index (Phi) is 3.31. The number of carbonyl (C=O) groups excluding carboxylic acids is 2. The number of benzene rings is 1. The Morgan fingerprint density at radius 3 is 2.67 bits per heavy atom. The fourth-order valence-electron chi connectivity index (χ4n) is 2.32. The predicted molar refractivity (Wildman–Crippen MR) is 82.7 cm³/mol. The topological polar surface area (TPSA) is 59.3 Å². The van der Waals surface area contributed by atoms with Crippen LogP contribution in [0.2, 0.25) is 5.02 Å². The number of halogens is 1. The second-order valence-corrected chi connectivity index (χ2v) is 5.91. The fraction of sp³-hybridized carbons (Fsp3) is 0.0667. The van der Waals surface area contributed by atoms with Gasteiger partial charge in [0.2, 0.25) is 17.6 Å². The Balaban J connectivity index is 2.36. The number of aromatic hydroxyl groups is 1. The van der Waals surface area contributed by atoms with E-state index < -0.39 is 0 Å². The van der Waals surface area contributed by atoms with Crippen LogP contribution in [0.3, 0.4) is 0 Å². The predicted octanol–water partition coefficient (Wildman–Crippen LogP) is 3.95. The zero-order valence-electron chi connectivity index (χ0n) is 11.0. The molecule has 0 saturated heterocycles. The van der Waals surface area contributed by atoms with E-state index in [4.69, 9.17) is 11.6 Å². The number of fused-ring (bicyclic) bond motifs is 1. The highest BCUT2D eigenvalue weighted by atomic mass is 35.5. The number of carbonyl (C=O) groups is 2. The van der Waals surface area contributed by atoms with Crippen LogP contribution in [-0.4, -0.2) is 21.4 Å². The molecular weight excluding hydrogens is 310 g/mol. The highest BCUT2D eigenvalue weighted by Crippen LogP contribution is 2.35. The van der Waals surface area contributed by atoms with E-state index in [9.17, 15) is 14.7 Å². The van der Waals surface area contributed by atoms with Gasteiger partial charge in [0.1, 0.15) is 0 Å². The second-order valence-electron chi connectivity index (χ2n) is 4.52. The highest BCUT2D eigenvalue weighted by molar-refractivity contribution is 7.12. The van der Waals surface area contributed by atoms with Gasteiger partial charge in [0.25, 0.3) is 0 Å². The Morgan fingerprint density at radius 1 is 1.29 bits per heavy atom. The van der Waals surface area contributed by atoms with E-state index in [0.717, 1.165) is 4.57 Å². The molecule has 0 spiro atoms. The minimum atomic E-state index is -0.370. The lowest BCUT2D eigenvalue weighted by Crippen LogP contribution is -2.05. The molecule has 0 radical (unpaired) electrons. The average molecular weight is 320 g/mol. The number of aromatic nitrogens is 1. The van der Waals surface area contributed by atoms with E-state index in [1.807, 2.05) is 0 Å². The van der Waals surface area contributed by atoms with Gasteiger partial charge in [-0.3, -0.25) is 14.2 Å². The van der Waals surface area contributed by atoms with Gasteiger partial charge in [-0.25, -0.2) is 0 Å². The van der Waals surface area contributed by atoms with Crippen molar-refractivity contribution in [2.75, 3.05) is 0 Å². The van der Waals surface area contributed by atoms with Gasteiger partial charge in [-0.05, 0) is 29.6 Å². The third kappa shape index (κ3) is 2.14. The lowest BCUT2D eigenvalue weighted by Gasteiger charge is -2.01. The van der Waals surface area contributed by atoms with E-state index in [2.05, 4.69) is 0 Å². The first-order valence-electron chi connectivity index (χ1n) is 6.12. The van der Waals surface area contributed by atoms with Gasteiger partial charge >= 0.3 is 0 Å². The first kappa shape index (κ1) is 13.9. The van der Waals surface area contributed by atoms with Crippen molar-refractivity contribution in [3.63, 3.8) is 0 Å². The summed E-state index contributed by atoms with van der Waals surface area (Å²) < 4.78 is 1.12. The maximum absolute atomic E-state index is 12.6. The molecule has 0 fully saturated rings. The maximum atomic E-state index is 12.6. The summed E-state index contributed by atoms with van der Waals surface area (Å²) in [6, 6.07) is 8.24. The van der Waals surface area contributed by atoms with Crippen molar-refractivity contribution in [1.82, 2.24) is 4.57 Å². The van der Waals surface area contributed by atoms with Crippen LogP contribution in [0, 0.1) is 0 Å². The summed E-state index contributed by atoms with van der Waals surface area (Å²) in [5, 5.41) is 13.0. The van der Waals surface area contributed by atoms with E-state index >= 15 is 0 Å². The van der Waals surface area contributed by atoms with Gasteiger partial charge in [-0.15, -0.1) is 11.3 Å². The van der Waals surface area contributed by atoms with Crippen molar-refractivity contribution in [1.29, 1.82) is 0 Å². The molecule has 6 heteroatoms. The minimum Gasteiger partial charge on any atom is -0.494 e. The summed E-state index contributed by atoms with van der Waals surface area (Å²) >= 11 is 7.25. The highest BCUT2D eigenvalue weighted by Gasteiger charge is 2.25. The molecule has 3 aromatic rings. The number of thiophene rings is 1. The molecule has 2 aromatic heterocycles. The SMILES string of the molecule is CC(=O)n1c(O)c(C(=O)c2cccs2)c2cc(Cl)ccc21. The lowest BCUT2D eigenvalue weighted by molar-refractivity contribution is 0.0933. The molecule has 0 amide bonds. The molecule has 0 aliphatic rings. The second kappa shape index (κ2) is 5.02. The van der Waals surface area contributed by atoms with Gasteiger partial charge < -0.3 is 5.11 Å². The van der Waals surface area contributed by atoms with Crippen molar-refractivity contribution >= 4 is 45.5 Å². The molecule has 1 aromatic carbocycles. The van der Waals surface area contributed by atoms with Crippen LogP contribution < -0.4 is 0 Å². The van der Waals surface area contributed by atoms with Gasteiger partial charge in [0.15, 0.2) is 0 Å². The molecule has 21 heavy (non-hydrogen) atoms. The molecule has 0 aliphatic heterocycles. The summed E-state index contributed by atoms with van der Waals surface area (Å²) in [5.74, 6) is -1.04. The van der Waals surface area contributed by atoms with Crippen molar-refractivity contribution in [3.8, 4) is 5.88 Å². The summed E-state index contributed by atoms with van der Waals surface area (Å²) in [6.45, 7) is 1.33. The molecule has 0 atom stereocenters. The fourth-order valence-corrected chi connectivity index (χ4v) is 3.17. The van der Waals surface area contributed by atoms with Crippen molar-refractivity contribution in [2.45, 2.75) is 6.92 Å². The molecule has 0 unspecified atom stereocenters. The lowest BCUT2D eigenvalue weighted by atomic mass is 10.1. The zero-order chi connectivity index (χ0) is 15.1. The minimum absolute atomic E-state index is 0.102. The van der Waals surface area contributed by atoms with Crippen molar-refractivity contribution < 1.29 is 14.7 Å². The van der Waals surface area contributed by atoms with Crippen LogP contribution in [0.15, 0.2) is 35.7 Å². The molecule has 0 bridgehead atoms. The van der Waals surface area contributed by atoms with Gasteiger partial charge in [-0.1, -0.05) is 17.7 Å². The number of hydrogen-bond donors (Lipinski definition) is 1. The Labute approximate surface area is 129 Å². The molecule has 106 valence electrons. The Morgan fingerprint density at radius 2 is 2.05 bits per heavy atom. The average Bonchev–Trinajstić information content (AvgIpc) is 3.03. The van der Waals surface area contributed by atoms with Crippen LogP contribution in [0.4, 0.5) is 0 Å². The Bertz CT molecular complexity index is 865. The third-order valence-electron chi connectivity index (χ3n) is 3.19. The monoisotopic (exact) mass is 319 g/mol. The first-order valence-corrected chi connectivity index (χ1v) is 7.38. The van der Waals surface area contributed by atoms with Crippen LogP contribution in [-0.2, 0) is 0 Å². The van der Waals surface area contributed by atoms with Crippen LogP contribution in [0.1, 0.15) is 27.0 Å². The molecule has 1 N–H and O–H groups in total. The molecular formula is C15H10ClNO3S. The molecule has 2 heterocycles. The van der Waals surface area contributed by atoms with Crippen molar-refractivity contribution in [2.24, 2.45) is 0 Å². The number of nitrogens with zero attached hydrogens (tertiary/aromatic N) is 1. The largest absolute Gasteiger partial charge is 0.494 e. The van der Waals surface area contributed by atoms with Crippen LogP contribution >= 0.6 is 22.9 Å². The van der Waals surface area contributed by atoms with Gasteiger partial charge in [0.05, 0.1) is 16.0 Å². The standard InChI is InChI=1S/C15H10ClNO3S/c1-8(18)17-11-5-4-9(16)7-10(11)13(15(17)20)14(19)12-3-2-6-21-12/h2-7,20H,1H3. The van der Waals surface area contributed by atoms with E-state index in [-0.39, 0.29) is 23.1 Å². The van der Waals surface area contributed by atoms with Crippen molar-refractivity contribution in [3.05, 3.63) is 51.2 Å². The molecule has 0 aliphatic carbocycles. The molecule has 4 nitrogen and oxygen atoms in total. The molecule has 3 rings (SSSR count). The molecule has 0 saturated carbocycles. The quantitative estimate of drug-likeness (QED) is 0.727. The van der Waals surface area contributed by atoms with Crippen LogP contribution in [0.5, 0.6) is 5.88 Å². The zero-order valence-corrected chi connectivity index (χ0v) is 12.5. The van der Waals surface area contributed by atoms with Gasteiger partial charge in [0, 0.05) is 17.3 Å². The van der Waals surface area contributed by atoms with E-state index in [1.54, 1.807) is 35.7 Å². The number of ketones is 1. The summed E-state index contributed by atoms with van der Waals surface area (Å²) in [6.07, 6.45) is 0. The number of hydrogen-bond acceptors (Lipinski definition) is 4. The maximum Gasteiger partial charge on any atom is 0.230 e. The summed E-state index contributed by atoms with van der Waals surface area (Å²) in [4.78, 5) is 24.8. The first-order chi connectivity index (χ1) is 10.0. The summed E-state index contributed by atoms with van der Waals surface area (Å²) in [5.41, 5.74) is 0.564. The van der Waals surface area contributed by atoms with E-state index in [0.29, 0.717) is 20.8 Å². The van der Waals surface area contributed by atoms with Crippen LogP contribution in [0.25, 0.3) is 10.9 Å². The third-order valence-corrected chi connectivity index (χ3v) is 4.29. The smallest absolute Gasteiger partial charge is 0.230 e. The summed E-state index contributed by atoms with van der Waals surface area (Å²) in [7, 11) is 0. The number of rotatable bonds is 2. The Hall–Kier alpha value is -2.11. The van der Waals surface area contributed by atoms with Gasteiger partial charge in [-0.2, -0.15) is 0 Å². The normalized spacial score (nSPS) is 11.0. The van der Waals surface area contributed by atoms with E-state index in [1.165, 1.54) is 18.3 Å².